The highest BCUT2D eigenvalue weighted by Crippen LogP contribution is 2.32. The third-order valence-corrected chi connectivity index (χ3v) is 3.21. The average molecular weight is 243 g/mol. The van der Waals surface area contributed by atoms with Gasteiger partial charge in [-0.3, -0.25) is 4.79 Å². The molecular formula is C12H21NO4. The van der Waals surface area contributed by atoms with Crippen molar-refractivity contribution in [1.82, 2.24) is 5.32 Å². The van der Waals surface area contributed by atoms with Crippen LogP contribution in [0.25, 0.3) is 0 Å². The monoisotopic (exact) mass is 243 g/mol. The van der Waals surface area contributed by atoms with Gasteiger partial charge in [0.25, 0.3) is 0 Å². The minimum atomic E-state index is -1.04. The summed E-state index contributed by atoms with van der Waals surface area (Å²) in [6.07, 6.45) is 3.19. The van der Waals surface area contributed by atoms with Crippen LogP contribution in [0.1, 0.15) is 46.0 Å². The Bertz CT molecular complexity index is 286. The number of carbonyl (C=O) groups excluding carboxylic acids is 1. The Balaban J connectivity index is 2.39. The number of hydrogen-bond acceptors (Lipinski definition) is 3. The number of unbranched alkanes of at least 4 members (excludes halogenated alkanes) is 1. The summed E-state index contributed by atoms with van der Waals surface area (Å²) in [5, 5.41) is 11.7. The topological polar surface area (TPSA) is 75.6 Å². The quantitative estimate of drug-likeness (QED) is 0.661. The zero-order chi connectivity index (χ0) is 12.9. The molecule has 5 nitrogen and oxygen atoms in total. The largest absolute Gasteiger partial charge is 0.480 e. The van der Waals surface area contributed by atoms with E-state index in [2.05, 4.69) is 5.32 Å². The van der Waals surface area contributed by atoms with E-state index in [0.29, 0.717) is 19.4 Å². The third-order valence-electron chi connectivity index (χ3n) is 3.21. The maximum Gasteiger partial charge on any atom is 0.329 e. The first-order valence-corrected chi connectivity index (χ1v) is 6.19. The predicted molar refractivity (Wildman–Crippen MR) is 62.7 cm³/mol. The number of carboxylic acid groups (broad SMARTS) is 1. The normalized spacial score (nSPS) is 19.2. The molecule has 0 aromatic carbocycles. The zero-order valence-electron chi connectivity index (χ0n) is 10.5. The fourth-order valence-corrected chi connectivity index (χ4v) is 1.74. The van der Waals surface area contributed by atoms with E-state index >= 15 is 0 Å². The molecule has 0 saturated heterocycles. The molecule has 1 atom stereocenters. The summed E-state index contributed by atoms with van der Waals surface area (Å²) in [5.41, 5.74) is -1.04. The lowest BCUT2D eigenvalue weighted by Crippen LogP contribution is -2.60. The second kappa shape index (κ2) is 6.00. The minimum absolute atomic E-state index is 0.330. The Morgan fingerprint density at radius 2 is 2.12 bits per heavy atom. The Morgan fingerprint density at radius 1 is 1.47 bits per heavy atom. The SMILES string of the molecule is CCCCOC(C)C(=O)NC1(C(=O)O)CCC1. The molecule has 1 unspecified atom stereocenters. The highest BCUT2D eigenvalue weighted by atomic mass is 16.5. The molecule has 0 radical (unpaired) electrons. The summed E-state index contributed by atoms with van der Waals surface area (Å²) in [6, 6.07) is 0. The van der Waals surface area contributed by atoms with Crippen molar-refractivity contribution in [3.63, 3.8) is 0 Å². The van der Waals surface area contributed by atoms with Crippen LogP contribution in [0.5, 0.6) is 0 Å². The number of aliphatic carboxylic acids is 1. The van der Waals surface area contributed by atoms with Crippen molar-refractivity contribution >= 4 is 11.9 Å². The molecular weight excluding hydrogens is 222 g/mol. The first kappa shape index (κ1) is 14.0. The molecule has 1 rings (SSSR count). The first-order valence-electron chi connectivity index (χ1n) is 6.19. The van der Waals surface area contributed by atoms with Crippen LogP contribution in [-0.4, -0.2) is 35.2 Å². The Labute approximate surface area is 102 Å². The molecule has 2 N–H and O–H groups in total. The molecule has 0 spiro atoms. The highest BCUT2D eigenvalue weighted by Gasteiger charge is 2.46. The van der Waals surface area contributed by atoms with Crippen molar-refractivity contribution in [2.75, 3.05) is 6.61 Å². The lowest BCUT2D eigenvalue weighted by atomic mass is 9.76. The molecule has 1 amide bonds. The van der Waals surface area contributed by atoms with E-state index < -0.39 is 17.6 Å². The Hall–Kier alpha value is -1.10. The summed E-state index contributed by atoms with van der Waals surface area (Å²) in [6.45, 7) is 4.23. The maximum absolute atomic E-state index is 11.8. The molecule has 1 aliphatic rings. The smallest absolute Gasteiger partial charge is 0.329 e. The van der Waals surface area contributed by atoms with E-state index in [4.69, 9.17) is 9.84 Å². The number of rotatable bonds is 7. The third kappa shape index (κ3) is 3.43. The molecule has 17 heavy (non-hydrogen) atoms. The van der Waals surface area contributed by atoms with Gasteiger partial charge in [-0.25, -0.2) is 4.79 Å². The van der Waals surface area contributed by atoms with E-state index in [1.165, 1.54) is 0 Å². The molecule has 5 heteroatoms. The molecule has 0 aromatic heterocycles. The Morgan fingerprint density at radius 3 is 2.53 bits per heavy atom. The fraction of sp³-hybridized carbons (Fsp3) is 0.833. The number of nitrogens with one attached hydrogen (secondary N) is 1. The van der Waals surface area contributed by atoms with Gasteiger partial charge in [-0.1, -0.05) is 13.3 Å². The number of carboxylic acids is 1. The minimum Gasteiger partial charge on any atom is -0.480 e. The van der Waals surface area contributed by atoms with Gasteiger partial charge in [0.15, 0.2) is 0 Å². The predicted octanol–water partition coefficient (Wildman–Crippen LogP) is 1.32. The first-order chi connectivity index (χ1) is 8.02. The summed E-state index contributed by atoms with van der Waals surface area (Å²) >= 11 is 0. The lowest BCUT2D eigenvalue weighted by molar-refractivity contribution is -0.154. The summed E-state index contributed by atoms with van der Waals surface area (Å²) in [7, 11) is 0. The molecule has 1 saturated carbocycles. The van der Waals surface area contributed by atoms with Gasteiger partial charge in [0, 0.05) is 6.61 Å². The van der Waals surface area contributed by atoms with Gasteiger partial charge in [-0.15, -0.1) is 0 Å². The van der Waals surface area contributed by atoms with Crippen LogP contribution < -0.4 is 5.32 Å². The van der Waals surface area contributed by atoms with Crippen molar-refractivity contribution in [3.8, 4) is 0 Å². The van der Waals surface area contributed by atoms with Crippen molar-refractivity contribution in [1.29, 1.82) is 0 Å². The number of amides is 1. The molecule has 0 heterocycles. The van der Waals surface area contributed by atoms with Gasteiger partial charge >= 0.3 is 5.97 Å². The Kier molecular flexibility index (Phi) is 4.93. The van der Waals surface area contributed by atoms with Gasteiger partial charge in [-0.2, -0.15) is 0 Å². The van der Waals surface area contributed by atoms with Crippen LogP contribution in [0.15, 0.2) is 0 Å². The van der Waals surface area contributed by atoms with E-state index in [9.17, 15) is 9.59 Å². The number of ether oxygens (including phenoxy) is 1. The van der Waals surface area contributed by atoms with Crippen LogP contribution >= 0.6 is 0 Å². The number of carbonyl (C=O) groups is 2. The van der Waals surface area contributed by atoms with Crippen molar-refractivity contribution in [3.05, 3.63) is 0 Å². The van der Waals surface area contributed by atoms with Crippen molar-refractivity contribution < 1.29 is 19.4 Å². The molecule has 0 aliphatic heterocycles. The molecule has 1 aliphatic carbocycles. The van der Waals surface area contributed by atoms with E-state index in [-0.39, 0.29) is 5.91 Å². The highest BCUT2D eigenvalue weighted by molar-refractivity contribution is 5.89. The molecule has 0 aromatic rings. The van der Waals surface area contributed by atoms with Gasteiger partial charge < -0.3 is 15.2 Å². The van der Waals surface area contributed by atoms with Crippen LogP contribution in [0.4, 0.5) is 0 Å². The second-order valence-electron chi connectivity index (χ2n) is 4.60. The van der Waals surface area contributed by atoms with E-state index in [1.54, 1.807) is 6.92 Å². The number of hydrogen-bond donors (Lipinski definition) is 2. The summed E-state index contributed by atoms with van der Waals surface area (Å²) in [5.74, 6) is -1.28. The standard InChI is InChI=1S/C12H21NO4/c1-3-4-8-17-9(2)10(14)13-12(11(15)16)6-5-7-12/h9H,3-8H2,1-2H3,(H,13,14)(H,15,16). The van der Waals surface area contributed by atoms with E-state index in [1.807, 2.05) is 6.92 Å². The van der Waals surface area contributed by atoms with Crippen LogP contribution in [0.3, 0.4) is 0 Å². The average Bonchev–Trinajstić information content (AvgIpc) is 2.22. The van der Waals surface area contributed by atoms with Crippen LogP contribution in [0.2, 0.25) is 0 Å². The van der Waals surface area contributed by atoms with Gasteiger partial charge in [0.05, 0.1) is 0 Å². The molecule has 1 fully saturated rings. The van der Waals surface area contributed by atoms with Crippen LogP contribution in [-0.2, 0) is 14.3 Å². The fourth-order valence-electron chi connectivity index (χ4n) is 1.74. The van der Waals surface area contributed by atoms with Crippen molar-refractivity contribution in [2.24, 2.45) is 0 Å². The maximum atomic E-state index is 11.8. The van der Waals surface area contributed by atoms with Gasteiger partial charge in [-0.05, 0) is 32.6 Å². The summed E-state index contributed by atoms with van der Waals surface area (Å²) < 4.78 is 5.33. The van der Waals surface area contributed by atoms with Gasteiger partial charge in [0.2, 0.25) is 5.91 Å². The molecule has 0 bridgehead atoms. The second-order valence-corrected chi connectivity index (χ2v) is 4.60. The van der Waals surface area contributed by atoms with Gasteiger partial charge in [0.1, 0.15) is 11.6 Å². The zero-order valence-corrected chi connectivity index (χ0v) is 10.5. The lowest BCUT2D eigenvalue weighted by Gasteiger charge is -2.38. The molecule has 98 valence electrons. The van der Waals surface area contributed by atoms with E-state index in [0.717, 1.165) is 19.3 Å². The van der Waals surface area contributed by atoms with Crippen LogP contribution in [0, 0.1) is 0 Å². The summed E-state index contributed by atoms with van der Waals surface area (Å²) in [4.78, 5) is 22.8. The van der Waals surface area contributed by atoms with Crippen molar-refractivity contribution in [2.45, 2.75) is 57.6 Å².